The highest BCUT2D eigenvalue weighted by atomic mass is 35.5. The van der Waals surface area contributed by atoms with Crippen molar-refractivity contribution in [2.24, 2.45) is 0 Å². The number of esters is 1. The van der Waals surface area contributed by atoms with Crippen molar-refractivity contribution in [1.29, 1.82) is 0 Å². The highest BCUT2D eigenvalue weighted by Gasteiger charge is 2.15. The number of rotatable bonds is 8. The SMILES string of the molecule is CC(NC(=O)COC(=O)CCc1nc(-c2ccccc2)no1)c1ccc(Cl)cc1Cl. The molecule has 2 aromatic carbocycles. The van der Waals surface area contributed by atoms with Gasteiger partial charge < -0.3 is 14.6 Å². The number of benzene rings is 2. The highest BCUT2D eigenvalue weighted by molar-refractivity contribution is 6.35. The van der Waals surface area contributed by atoms with E-state index in [2.05, 4.69) is 15.5 Å². The molecule has 7 nitrogen and oxygen atoms in total. The first-order valence-corrected chi connectivity index (χ1v) is 9.96. The van der Waals surface area contributed by atoms with E-state index in [4.69, 9.17) is 32.5 Å². The fourth-order valence-electron chi connectivity index (χ4n) is 2.70. The maximum atomic E-state index is 12.0. The Kier molecular flexibility index (Phi) is 7.43. The fraction of sp³-hybridized carbons (Fsp3) is 0.238. The molecule has 0 aliphatic heterocycles. The number of carbonyl (C=O) groups excluding carboxylic acids is 2. The third-order valence-corrected chi connectivity index (χ3v) is 4.78. The van der Waals surface area contributed by atoms with Gasteiger partial charge in [0.25, 0.3) is 5.91 Å². The molecule has 156 valence electrons. The third kappa shape index (κ3) is 6.05. The fourth-order valence-corrected chi connectivity index (χ4v) is 3.27. The molecule has 1 atom stereocenters. The Bertz CT molecular complexity index is 1020. The summed E-state index contributed by atoms with van der Waals surface area (Å²) < 4.78 is 10.2. The van der Waals surface area contributed by atoms with Crippen molar-refractivity contribution in [2.75, 3.05) is 6.61 Å². The topological polar surface area (TPSA) is 94.3 Å². The van der Waals surface area contributed by atoms with Crippen LogP contribution in [0.3, 0.4) is 0 Å². The summed E-state index contributed by atoms with van der Waals surface area (Å²) in [6.07, 6.45) is 0.235. The zero-order valence-electron chi connectivity index (χ0n) is 16.1. The minimum absolute atomic E-state index is 0.0161. The highest BCUT2D eigenvalue weighted by Crippen LogP contribution is 2.26. The van der Waals surface area contributed by atoms with Crippen molar-refractivity contribution in [2.45, 2.75) is 25.8 Å². The normalized spacial score (nSPS) is 11.7. The summed E-state index contributed by atoms with van der Waals surface area (Å²) in [5.41, 5.74) is 1.54. The van der Waals surface area contributed by atoms with Crippen molar-refractivity contribution in [3.8, 4) is 11.4 Å². The van der Waals surface area contributed by atoms with E-state index in [0.29, 0.717) is 27.3 Å². The number of nitrogens with one attached hydrogen (secondary N) is 1. The molecule has 0 aliphatic rings. The molecule has 9 heteroatoms. The molecule has 1 heterocycles. The molecule has 0 saturated heterocycles. The lowest BCUT2D eigenvalue weighted by atomic mass is 10.1. The van der Waals surface area contributed by atoms with Gasteiger partial charge in [-0.25, -0.2) is 0 Å². The summed E-state index contributed by atoms with van der Waals surface area (Å²) in [5, 5.41) is 7.57. The molecule has 0 bridgehead atoms. The first kappa shape index (κ1) is 21.8. The van der Waals surface area contributed by atoms with E-state index < -0.39 is 18.5 Å². The largest absolute Gasteiger partial charge is 0.456 e. The summed E-state index contributed by atoms with van der Waals surface area (Å²) >= 11 is 12.0. The Morgan fingerprint density at radius 3 is 2.67 bits per heavy atom. The summed E-state index contributed by atoms with van der Waals surface area (Å²) in [7, 11) is 0. The minimum atomic E-state index is -0.540. The van der Waals surface area contributed by atoms with Crippen LogP contribution in [0.5, 0.6) is 0 Å². The molecule has 0 saturated carbocycles. The second-order valence-electron chi connectivity index (χ2n) is 6.49. The quantitative estimate of drug-likeness (QED) is 0.514. The van der Waals surface area contributed by atoms with Crippen LogP contribution < -0.4 is 5.32 Å². The van der Waals surface area contributed by atoms with Gasteiger partial charge in [-0.1, -0.05) is 64.8 Å². The van der Waals surface area contributed by atoms with Crippen molar-refractivity contribution in [1.82, 2.24) is 15.5 Å². The van der Waals surface area contributed by atoms with Crippen LogP contribution in [0, 0.1) is 0 Å². The van der Waals surface area contributed by atoms with Gasteiger partial charge in [-0.05, 0) is 24.6 Å². The number of aryl methyl sites for hydroxylation is 1. The van der Waals surface area contributed by atoms with E-state index >= 15 is 0 Å². The lowest BCUT2D eigenvalue weighted by Crippen LogP contribution is -2.31. The monoisotopic (exact) mass is 447 g/mol. The van der Waals surface area contributed by atoms with Crippen LogP contribution in [0.15, 0.2) is 53.1 Å². The number of hydrogen-bond donors (Lipinski definition) is 1. The average Bonchev–Trinajstić information content (AvgIpc) is 3.20. The van der Waals surface area contributed by atoms with Crippen LogP contribution in [-0.4, -0.2) is 28.6 Å². The zero-order chi connectivity index (χ0) is 21.5. The number of nitrogens with zero attached hydrogens (tertiary/aromatic N) is 2. The van der Waals surface area contributed by atoms with E-state index in [1.807, 2.05) is 30.3 Å². The molecular formula is C21H19Cl2N3O4. The molecule has 1 aromatic heterocycles. The molecule has 1 N–H and O–H groups in total. The van der Waals surface area contributed by atoms with Gasteiger partial charge in [-0.15, -0.1) is 0 Å². The summed E-state index contributed by atoms with van der Waals surface area (Å²) in [6.45, 7) is 1.38. The minimum Gasteiger partial charge on any atom is -0.456 e. The van der Waals surface area contributed by atoms with Crippen molar-refractivity contribution in [3.05, 3.63) is 70.0 Å². The number of hydrogen-bond acceptors (Lipinski definition) is 6. The Balaban J connectivity index is 1.42. The molecule has 0 fully saturated rings. The zero-order valence-corrected chi connectivity index (χ0v) is 17.6. The van der Waals surface area contributed by atoms with Gasteiger partial charge in [0.15, 0.2) is 6.61 Å². The summed E-state index contributed by atoms with van der Waals surface area (Å²) in [5.74, 6) is -0.206. The predicted octanol–water partition coefficient (Wildman–Crippen LogP) is 4.40. The summed E-state index contributed by atoms with van der Waals surface area (Å²) in [6, 6.07) is 14.0. The van der Waals surface area contributed by atoms with E-state index in [1.54, 1.807) is 25.1 Å². The number of aromatic nitrogens is 2. The molecule has 0 radical (unpaired) electrons. The molecule has 1 amide bonds. The van der Waals surface area contributed by atoms with Gasteiger partial charge in [0.1, 0.15) is 0 Å². The Morgan fingerprint density at radius 1 is 1.17 bits per heavy atom. The van der Waals surface area contributed by atoms with E-state index in [1.165, 1.54) is 0 Å². The number of ether oxygens (including phenoxy) is 1. The third-order valence-electron chi connectivity index (χ3n) is 4.21. The molecule has 30 heavy (non-hydrogen) atoms. The standard InChI is InChI=1S/C21H19Cl2N3O4/c1-13(16-8-7-15(22)11-17(16)23)24-18(27)12-29-20(28)10-9-19-25-21(26-30-19)14-5-3-2-4-6-14/h2-8,11,13H,9-10,12H2,1H3,(H,24,27). The van der Waals surface area contributed by atoms with Crippen LogP contribution in [-0.2, 0) is 20.7 Å². The Morgan fingerprint density at radius 2 is 1.93 bits per heavy atom. The van der Waals surface area contributed by atoms with Gasteiger partial charge in [-0.2, -0.15) is 4.98 Å². The Labute approximate surface area is 183 Å². The molecule has 0 spiro atoms. The van der Waals surface area contributed by atoms with Crippen LogP contribution >= 0.6 is 23.2 Å². The van der Waals surface area contributed by atoms with Crippen LogP contribution in [0.2, 0.25) is 10.0 Å². The second kappa shape index (κ2) is 10.2. The lowest BCUT2D eigenvalue weighted by Gasteiger charge is -2.16. The number of amides is 1. The van der Waals surface area contributed by atoms with Crippen molar-refractivity contribution in [3.63, 3.8) is 0 Å². The van der Waals surface area contributed by atoms with E-state index in [9.17, 15) is 9.59 Å². The van der Waals surface area contributed by atoms with Gasteiger partial charge in [-0.3, -0.25) is 9.59 Å². The summed E-state index contributed by atoms with van der Waals surface area (Å²) in [4.78, 5) is 28.2. The van der Waals surface area contributed by atoms with E-state index in [0.717, 1.165) is 5.56 Å². The smallest absolute Gasteiger partial charge is 0.306 e. The average molecular weight is 448 g/mol. The molecule has 1 unspecified atom stereocenters. The Hall–Kier alpha value is -2.90. The molecule has 3 aromatic rings. The van der Waals surface area contributed by atoms with Crippen molar-refractivity contribution < 1.29 is 18.8 Å². The second-order valence-corrected chi connectivity index (χ2v) is 7.34. The van der Waals surface area contributed by atoms with E-state index in [-0.39, 0.29) is 18.9 Å². The van der Waals surface area contributed by atoms with Crippen LogP contribution in [0.25, 0.3) is 11.4 Å². The number of halogens is 2. The molecule has 3 rings (SSSR count). The van der Waals surface area contributed by atoms with Crippen LogP contribution in [0.4, 0.5) is 0 Å². The lowest BCUT2D eigenvalue weighted by molar-refractivity contribution is -0.148. The maximum Gasteiger partial charge on any atom is 0.306 e. The first-order chi connectivity index (χ1) is 14.4. The van der Waals surface area contributed by atoms with Crippen molar-refractivity contribution >= 4 is 35.1 Å². The van der Waals surface area contributed by atoms with Gasteiger partial charge in [0.2, 0.25) is 11.7 Å². The van der Waals surface area contributed by atoms with Gasteiger partial charge >= 0.3 is 5.97 Å². The van der Waals surface area contributed by atoms with Gasteiger partial charge in [0, 0.05) is 22.0 Å². The molecular weight excluding hydrogens is 429 g/mol. The predicted molar refractivity (Wildman–Crippen MR) is 112 cm³/mol. The number of carbonyl (C=O) groups is 2. The maximum absolute atomic E-state index is 12.0. The van der Waals surface area contributed by atoms with Gasteiger partial charge in [0.05, 0.1) is 12.5 Å². The van der Waals surface area contributed by atoms with Crippen LogP contribution in [0.1, 0.15) is 30.8 Å². The first-order valence-electron chi connectivity index (χ1n) is 9.20. The molecule has 0 aliphatic carbocycles.